The maximum absolute atomic E-state index is 11.4. The van der Waals surface area contributed by atoms with E-state index in [1.54, 1.807) is 19.4 Å². The van der Waals surface area contributed by atoms with Crippen molar-refractivity contribution in [2.75, 3.05) is 38.0 Å². The number of sulfonamides is 1. The Labute approximate surface area is 125 Å². The second-order valence-electron chi connectivity index (χ2n) is 5.32. The first-order valence-corrected chi connectivity index (χ1v) is 8.64. The summed E-state index contributed by atoms with van der Waals surface area (Å²) < 4.78 is 30.7. The molecule has 8 heteroatoms. The van der Waals surface area contributed by atoms with E-state index in [1.165, 1.54) is 12.3 Å². The zero-order valence-corrected chi connectivity index (χ0v) is 13.0. The normalized spacial score (nSPS) is 23.2. The molecule has 0 radical (unpaired) electrons. The molecule has 0 aliphatic carbocycles. The lowest BCUT2D eigenvalue weighted by Crippen LogP contribution is -2.52. The predicted molar refractivity (Wildman–Crippen MR) is 79.9 cm³/mol. The minimum atomic E-state index is -3.24. The highest BCUT2D eigenvalue weighted by atomic mass is 32.2. The molecular weight excluding hydrogens is 294 g/mol. The van der Waals surface area contributed by atoms with Crippen LogP contribution in [0.2, 0.25) is 0 Å². The number of hydrogen-bond acceptors (Lipinski definition) is 6. The molecule has 2 rings (SSSR count). The largest absolute Gasteiger partial charge is 0.508 e. The summed E-state index contributed by atoms with van der Waals surface area (Å²) in [6.07, 6.45) is 3.38. The minimum Gasteiger partial charge on any atom is -0.508 e. The second kappa shape index (κ2) is 6.59. The van der Waals surface area contributed by atoms with E-state index < -0.39 is 10.0 Å². The first-order chi connectivity index (χ1) is 9.89. The molecule has 1 aliphatic heterocycles. The molecule has 0 spiro atoms. The third-order valence-electron chi connectivity index (χ3n) is 3.53. The van der Waals surface area contributed by atoms with Crippen LogP contribution in [-0.2, 0) is 14.8 Å². The fourth-order valence-electron chi connectivity index (χ4n) is 2.63. The van der Waals surface area contributed by atoms with Crippen molar-refractivity contribution in [3.05, 3.63) is 18.3 Å². The van der Waals surface area contributed by atoms with Crippen molar-refractivity contribution in [1.29, 1.82) is 0 Å². The number of anilines is 1. The Morgan fingerprint density at radius 3 is 2.95 bits per heavy atom. The van der Waals surface area contributed by atoms with Crippen LogP contribution in [0.15, 0.2) is 18.3 Å². The fraction of sp³-hybridized carbons (Fsp3) is 0.615. The lowest BCUT2D eigenvalue weighted by Gasteiger charge is -2.38. The number of nitrogens with one attached hydrogen (secondary N) is 1. The van der Waals surface area contributed by atoms with E-state index in [2.05, 4.69) is 9.71 Å². The van der Waals surface area contributed by atoms with Crippen LogP contribution in [0.5, 0.6) is 5.75 Å². The van der Waals surface area contributed by atoms with E-state index in [1.807, 2.05) is 4.90 Å². The SMILES string of the molecule is COC[C@@H]1CN(c2cc(O)ccn2)CCC1NS(C)(=O)=O. The Balaban J connectivity index is 2.11. The number of aromatic hydroxyl groups is 1. The molecule has 1 aromatic rings. The molecule has 2 heterocycles. The maximum Gasteiger partial charge on any atom is 0.208 e. The molecule has 118 valence electrons. The van der Waals surface area contributed by atoms with Crippen LogP contribution in [0.1, 0.15) is 6.42 Å². The van der Waals surface area contributed by atoms with Gasteiger partial charge in [0, 0.05) is 44.4 Å². The third kappa shape index (κ3) is 4.55. The highest BCUT2D eigenvalue weighted by Crippen LogP contribution is 2.24. The molecule has 21 heavy (non-hydrogen) atoms. The number of nitrogens with zero attached hydrogens (tertiary/aromatic N) is 2. The van der Waals surface area contributed by atoms with Crippen molar-refractivity contribution in [2.45, 2.75) is 12.5 Å². The number of pyridine rings is 1. The van der Waals surface area contributed by atoms with Gasteiger partial charge in [0.15, 0.2) is 0 Å². The summed E-state index contributed by atoms with van der Waals surface area (Å²) in [5.41, 5.74) is 0. The Bertz CT molecular complexity index is 579. The van der Waals surface area contributed by atoms with Gasteiger partial charge in [-0.25, -0.2) is 18.1 Å². The van der Waals surface area contributed by atoms with E-state index >= 15 is 0 Å². The molecule has 0 aromatic carbocycles. The van der Waals surface area contributed by atoms with Gasteiger partial charge in [-0.3, -0.25) is 0 Å². The number of hydrogen-bond donors (Lipinski definition) is 2. The van der Waals surface area contributed by atoms with Crippen LogP contribution < -0.4 is 9.62 Å². The number of methoxy groups -OCH3 is 1. The summed E-state index contributed by atoms with van der Waals surface area (Å²) in [6.45, 7) is 1.75. The van der Waals surface area contributed by atoms with E-state index in [0.717, 1.165) is 0 Å². The van der Waals surface area contributed by atoms with Crippen molar-refractivity contribution in [1.82, 2.24) is 9.71 Å². The van der Waals surface area contributed by atoms with Gasteiger partial charge in [-0.2, -0.15) is 0 Å². The number of piperidine rings is 1. The molecule has 0 saturated carbocycles. The van der Waals surface area contributed by atoms with Crippen molar-refractivity contribution >= 4 is 15.8 Å². The molecule has 0 amide bonds. The third-order valence-corrected chi connectivity index (χ3v) is 4.26. The van der Waals surface area contributed by atoms with E-state index in [-0.39, 0.29) is 17.7 Å². The van der Waals surface area contributed by atoms with Gasteiger partial charge in [0.2, 0.25) is 10.0 Å². The summed E-state index contributed by atoms with van der Waals surface area (Å²) in [5.74, 6) is 0.885. The van der Waals surface area contributed by atoms with Gasteiger partial charge in [-0.15, -0.1) is 0 Å². The molecule has 1 aliphatic rings. The van der Waals surface area contributed by atoms with Crippen LogP contribution >= 0.6 is 0 Å². The van der Waals surface area contributed by atoms with E-state index in [0.29, 0.717) is 31.9 Å². The molecule has 2 atom stereocenters. The van der Waals surface area contributed by atoms with Crippen LogP contribution in [-0.4, -0.2) is 57.6 Å². The maximum atomic E-state index is 11.4. The molecular formula is C13H21N3O4S. The summed E-state index contributed by atoms with van der Waals surface area (Å²) >= 11 is 0. The fourth-order valence-corrected chi connectivity index (χ4v) is 3.49. The smallest absolute Gasteiger partial charge is 0.208 e. The van der Waals surface area contributed by atoms with Crippen LogP contribution in [0, 0.1) is 5.92 Å². The van der Waals surface area contributed by atoms with Gasteiger partial charge < -0.3 is 14.7 Å². The van der Waals surface area contributed by atoms with Crippen molar-refractivity contribution in [3.8, 4) is 5.75 Å². The van der Waals surface area contributed by atoms with Gasteiger partial charge in [0.1, 0.15) is 11.6 Å². The van der Waals surface area contributed by atoms with E-state index in [9.17, 15) is 13.5 Å². The Morgan fingerprint density at radius 2 is 2.33 bits per heavy atom. The lowest BCUT2D eigenvalue weighted by atomic mass is 9.93. The zero-order chi connectivity index (χ0) is 15.5. The average Bonchev–Trinajstić information content (AvgIpc) is 2.39. The highest BCUT2D eigenvalue weighted by molar-refractivity contribution is 7.88. The Morgan fingerprint density at radius 1 is 1.57 bits per heavy atom. The zero-order valence-electron chi connectivity index (χ0n) is 12.2. The summed E-state index contributed by atoms with van der Waals surface area (Å²) in [4.78, 5) is 6.28. The van der Waals surface area contributed by atoms with Gasteiger partial charge >= 0.3 is 0 Å². The molecule has 1 aromatic heterocycles. The highest BCUT2D eigenvalue weighted by Gasteiger charge is 2.31. The topological polar surface area (TPSA) is 91.8 Å². The average molecular weight is 315 g/mol. The molecule has 1 saturated heterocycles. The van der Waals surface area contributed by atoms with Gasteiger partial charge in [-0.1, -0.05) is 0 Å². The van der Waals surface area contributed by atoms with Gasteiger partial charge in [0.05, 0.1) is 12.9 Å². The molecule has 7 nitrogen and oxygen atoms in total. The quantitative estimate of drug-likeness (QED) is 0.805. The van der Waals surface area contributed by atoms with Crippen molar-refractivity contribution < 1.29 is 18.3 Å². The van der Waals surface area contributed by atoms with Crippen LogP contribution in [0.25, 0.3) is 0 Å². The van der Waals surface area contributed by atoms with Gasteiger partial charge in [-0.05, 0) is 12.5 Å². The molecule has 1 unspecified atom stereocenters. The van der Waals surface area contributed by atoms with Crippen LogP contribution in [0.4, 0.5) is 5.82 Å². The molecule has 1 fully saturated rings. The van der Waals surface area contributed by atoms with Crippen molar-refractivity contribution in [2.24, 2.45) is 5.92 Å². The monoisotopic (exact) mass is 315 g/mol. The Kier molecular flexibility index (Phi) is 5.02. The molecule has 0 bridgehead atoms. The second-order valence-corrected chi connectivity index (χ2v) is 7.10. The summed E-state index contributed by atoms with van der Waals surface area (Å²) in [6, 6.07) is 2.98. The first-order valence-electron chi connectivity index (χ1n) is 6.75. The first kappa shape index (κ1) is 16.0. The van der Waals surface area contributed by atoms with E-state index in [4.69, 9.17) is 4.74 Å². The summed E-state index contributed by atoms with van der Waals surface area (Å²) in [7, 11) is -1.64. The number of rotatable bonds is 5. The lowest BCUT2D eigenvalue weighted by molar-refractivity contribution is 0.128. The van der Waals surface area contributed by atoms with Crippen molar-refractivity contribution in [3.63, 3.8) is 0 Å². The van der Waals surface area contributed by atoms with Crippen LogP contribution in [0.3, 0.4) is 0 Å². The minimum absolute atomic E-state index is 0.0302. The standard InChI is InChI=1S/C13H21N3O4S/c1-20-9-10-8-16(13-7-11(17)3-5-14-13)6-4-12(10)15-21(2,18)19/h3,5,7,10,12,15H,4,6,8-9H2,1-2H3,(H,14,17)/t10-,12?/m0/s1. The number of ether oxygens (including phenoxy) is 1. The Hall–Kier alpha value is -1.38. The predicted octanol–water partition coefficient (Wildman–Crippen LogP) is 0.178. The number of aromatic nitrogens is 1. The molecule has 2 N–H and O–H groups in total. The van der Waals surface area contributed by atoms with Gasteiger partial charge in [0.25, 0.3) is 0 Å². The summed E-state index contributed by atoms with van der Waals surface area (Å²) in [5, 5.41) is 9.53.